The van der Waals surface area contributed by atoms with Gasteiger partial charge in [0.05, 0.1) is 18.8 Å². The van der Waals surface area contributed by atoms with Crippen molar-refractivity contribution in [3.63, 3.8) is 0 Å². The van der Waals surface area contributed by atoms with Gasteiger partial charge in [-0.3, -0.25) is 4.90 Å². The minimum absolute atomic E-state index is 0.0111. The lowest BCUT2D eigenvalue weighted by Gasteiger charge is -2.29. The lowest BCUT2D eigenvalue weighted by atomic mass is 10.1. The van der Waals surface area contributed by atoms with Gasteiger partial charge in [-0.15, -0.1) is 0 Å². The molecule has 2 fully saturated rings. The number of ether oxygens (including phenoxy) is 1. The number of rotatable bonds is 3. The highest BCUT2D eigenvalue weighted by Crippen LogP contribution is 2.26. The van der Waals surface area contributed by atoms with Gasteiger partial charge in [-0.25, -0.2) is 17.6 Å². The van der Waals surface area contributed by atoms with Crippen molar-refractivity contribution in [3.05, 3.63) is 29.6 Å². The van der Waals surface area contributed by atoms with E-state index in [9.17, 15) is 17.6 Å². The molecule has 2 saturated heterocycles. The minimum atomic E-state index is -4.12. The van der Waals surface area contributed by atoms with Gasteiger partial charge in [0.1, 0.15) is 10.7 Å². The summed E-state index contributed by atoms with van der Waals surface area (Å²) in [5.41, 5.74) is -0.259. The fourth-order valence-corrected chi connectivity index (χ4v) is 4.82. The van der Waals surface area contributed by atoms with Crippen molar-refractivity contribution < 1.29 is 27.4 Å². The summed E-state index contributed by atoms with van der Waals surface area (Å²) < 4.78 is 46.7. The zero-order chi connectivity index (χ0) is 17.5. The number of hydrogen-bond acceptors (Lipinski definition) is 5. The average molecular weight is 358 g/mol. The van der Waals surface area contributed by atoms with Gasteiger partial charge in [0.25, 0.3) is 0 Å². The third-order valence-corrected chi connectivity index (χ3v) is 6.35. The predicted octanol–water partition coefficient (Wildman–Crippen LogP) is 0.475. The first-order valence-corrected chi connectivity index (χ1v) is 9.04. The number of carboxylic acid groups (broad SMARTS) is 1. The number of likely N-dealkylation sites (N-methyl/N-ethyl adjacent to an activating group) is 1. The number of sulfonamides is 1. The monoisotopic (exact) mass is 358 g/mol. The van der Waals surface area contributed by atoms with E-state index in [0.717, 1.165) is 18.2 Å². The molecule has 132 valence electrons. The molecule has 0 aromatic heterocycles. The molecule has 2 heterocycles. The molecule has 0 aliphatic carbocycles. The summed E-state index contributed by atoms with van der Waals surface area (Å²) >= 11 is 0. The number of carbonyl (C=O) groups is 1. The van der Waals surface area contributed by atoms with Crippen LogP contribution in [0.5, 0.6) is 0 Å². The van der Waals surface area contributed by atoms with Gasteiger partial charge in [-0.05, 0) is 25.2 Å². The summed E-state index contributed by atoms with van der Waals surface area (Å²) in [6.07, 6.45) is 0. The smallest absolute Gasteiger partial charge is 0.335 e. The number of fused-ring (bicyclic) bond motifs is 3. The number of carboxylic acids is 1. The summed E-state index contributed by atoms with van der Waals surface area (Å²) in [5, 5.41) is 9.03. The van der Waals surface area contributed by atoms with Crippen LogP contribution in [0.2, 0.25) is 0 Å². The van der Waals surface area contributed by atoms with Crippen LogP contribution in [-0.2, 0) is 14.8 Å². The van der Waals surface area contributed by atoms with E-state index in [-0.39, 0.29) is 30.6 Å². The summed E-state index contributed by atoms with van der Waals surface area (Å²) in [7, 11) is -2.21. The second-order valence-corrected chi connectivity index (χ2v) is 8.18. The molecule has 2 bridgehead atoms. The summed E-state index contributed by atoms with van der Waals surface area (Å²) in [6.45, 7) is 1.97. The Morgan fingerprint density at radius 3 is 2.75 bits per heavy atom. The molecule has 24 heavy (non-hydrogen) atoms. The topological polar surface area (TPSA) is 87.2 Å². The van der Waals surface area contributed by atoms with Gasteiger partial charge in [-0.1, -0.05) is 0 Å². The van der Waals surface area contributed by atoms with Gasteiger partial charge >= 0.3 is 5.97 Å². The van der Waals surface area contributed by atoms with Crippen molar-refractivity contribution in [1.82, 2.24) is 9.21 Å². The van der Waals surface area contributed by atoms with Crippen LogP contribution in [0.3, 0.4) is 0 Å². The highest BCUT2D eigenvalue weighted by molar-refractivity contribution is 7.89. The third-order valence-electron chi connectivity index (χ3n) is 4.51. The van der Waals surface area contributed by atoms with Crippen molar-refractivity contribution in [2.24, 2.45) is 5.92 Å². The van der Waals surface area contributed by atoms with E-state index in [1.54, 1.807) is 0 Å². The molecule has 2 aliphatic heterocycles. The van der Waals surface area contributed by atoms with Crippen molar-refractivity contribution in [1.29, 1.82) is 0 Å². The Balaban J connectivity index is 1.99. The van der Waals surface area contributed by atoms with E-state index in [0.29, 0.717) is 19.8 Å². The fraction of sp³-hybridized carbons (Fsp3) is 0.533. The second kappa shape index (κ2) is 6.40. The van der Waals surface area contributed by atoms with Crippen molar-refractivity contribution in [2.45, 2.75) is 10.9 Å². The minimum Gasteiger partial charge on any atom is -0.478 e. The maximum absolute atomic E-state index is 14.1. The number of hydrogen-bond donors (Lipinski definition) is 1. The van der Waals surface area contributed by atoms with Crippen LogP contribution in [-0.4, -0.2) is 74.6 Å². The van der Waals surface area contributed by atoms with Crippen LogP contribution in [0.15, 0.2) is 23.1 Å². The first-order valence-electron chi connectivity index (χ1n) is 7.60. The molecule has 1 aromatic rings. The van der Waals surface area contributed by atoms with Crippen molar-refractivity contribution in [2.75, 3.05) is 39.9 Å². The molecule has 1 N–H and O–H groups in total. The molecule has 2 atom stereocenters. The van der Waals surface area contributed by atoms with Gasteiger partial charge in [0.2, 0.25) is 10.0 Å². The Labute approximate surface area is 139 Å². The Hall–Kier alpha value is -1.55. The van der Waals surface area contributed by atoms with Crippen LogP contribution in [0.4, 0.5) is 4.39 Å². The van der Waals surface area contributed by atoms with Gasteiger partial charge in [-0.2, -0.15) is 4.31 Å². The normalized spacial score (nSPS) is 26.1. The van der Waals surface area contributed by atoms with E-state index in [2.05, 4.69) is 4.90 Å². The van der Waals surface area contributed by atoms with E-state index in [4.69, 9.17) is 9.84 Å². The predicted molar refractivity (Wildman–Crippen MR) is 82.8 cm³/mol. The summed E-state index contributed by atoms with van der Waals surface area (Å²) in [6, 6.07) is 2.70. The molecule has 0 saturated carbocycles. The highest BCUT2D eigenvalue weighted by atomic mass is 32.2. The second-order valence-electron chi connectivity index (χ2n) is 6.27. The van der Waals surface area contributed by atoms with Crippen LogP contribution in [0.25, 0.3) is 0 Å². The number of aromatic carboxylic acids is 1. The number of halogens is 1. The molecule has 0 unspecified atom stereocenters. The Bertz CT molecular complexity index is 754. The highest BCUT2D eigenvalue weighted by Gasteiger charge is 2.38. The van der Waals surface area contributed by atoms with Gasteiger partial charge in [0, 0.05) is 31.6 Å². The first kappa shape index (κ1) is 17.3. The molecule has 7 nitrogen and oxygen atoms in total. The molecule has 2 aliphatic rings. The zero-order valence-electron chi connectivity index (χ0n) is 13.2. The van der Waals surface area contributed by atoms with Gasteiger partial charge < -0.3 is 9.84 Å². The lowest BCUT2D eigenvalue weighted by Crippen LogP contribution is -2.44. The van der Waals surface area contributed by atoms with Crippen molar-refractivity contribution >= 4 is 16.0 Å². The van der Waals surface area contributed by atoms with Crippen LogP contribution < -0.4 is 0 Å². The van der Waals surface area contributed by atoms with Gasteiger partial charge in [0.15, 0.2) is 0 Å². The van der Waals surface area contributed by atoms with Crippen LogP contribution >= 0.6 is 0 Å². The number of benzene rings is 1. The van der Waals surface area contributed by atoms with E-state index in [1.165, 1.54) is 4.31 Å². The Morgan fingerprint density at radius 2 is 2.04 bits per heavy atom. The molecule has 0 spiro atoms. The quantitative estimate of drug-likeness (QED) is 0.845. The Morgan fingerprint density at radius 1 is 1.29 bits per heavy atom. The lowest BCUT2D eigenvalue weighted by molar-refractivity contribution is 0.0696. The summed E-state index contributed by atoms with van der Waals surface area (Å²) in [4.78, 5) is 12.5. The first-order chi connectivity index (χ1) is 11.3. The molecule has 1 aromatic carbocycles. The third kappa shape index (κ3) is 3.16. The molecular weight excluding hydrogens is 339 g/mol. The SMILES string of the molecule is CN1C[C@H]2COC[C@@H]1CN(S(=O)(=O)c1cc(C(=O)O)ccc1F)C2. The molecule has 0 amide bonds. The maximum atomic E-state index is 14.1. The molecule has 3 rings (SSSR count). The number of nitrogens with zero attached hydrogens (tertiary/aromatic N) is 2. The average Bonchev–Trinajstić information content (AvgIpc) is 2.75. The molecule has 0 radical (unpaired) electrons. The van der Waals surface area contributed by atoms with Crippen LogP contribution in [0.1, 0.15) is 10.4 Å². The van der Waals surface area contributed by atoms with Crippen molar-refractivity contribution in [3.8, 4) is 0 Å². The maximum Gasteiger partial charge on any atom is 0.335 e. The molecular formula is C15H19FN2O5S. The summed E-state index contributed by atoms with van der Waals surface area (Å²) in [5.74, 6) is -2.26. The standard InChI is InChI=1S/C15H19FN2O5S/c1-17-5-10-6-18(7-12(17)9-23-8-10)24(21,22)14-4-11(15(19)20)2-3-13(14)16/h2-4,10,12H,5-9H2,1H3,(H,19,20)/t10-,12+/m1/s1. The Kier molecular flexibility index (Phi) is 4.60. The fourth-order valence-electron chi connectivity index (χ4n) is 3.18. The van der Waals surface area contributed by atoms with E-state index < -0.39 is 26.7 Å². The molecule has 9 heteroatoms. The van der Waals surface area contributed by atoms with E-state index in [1.807, 2.05) is 7.05 Å². The largest absolute Gasteiger partial charge is 0.478 e. The van der Waals surface area contributed by atoms with Crippen LogP contribution in [0, 0.1) is 11.7 Å². The zero-order valence-corrected chi connectivity index (χ0v) is 14.0. The van der Waals surface area contributed by atoms with E-state index >= 15 is 0 Å².